The second-order valence-corrected chi connectivity index (χ2v) is 5.22. The van der Waals surface area contributed by atoms with Gasteiger partial charge in [0.2, 0.25) is 5.13 Å². The lowest BCUT2D eigenvalue weighted by Gasteiger charge is -2.26. The normalized spacial score (nSPS) is 17.6. The van der Waals surface area contributed by atoms with E-state index >= 15 is 0 Å². The molecule has 1 aromatic heterocycles. The molecule has 6 nitrogen and oxygen atoms in total. The van der Waals surface area contributed by atoms with Crippen LogP contribution in [-0.2, 0) is 0 Å². The Balaban J connectivity index is 1.73. The molecule has 0 bridgehead atoms. The number of aromatic nitrogens is 2. The van der Waals surface area contributed by atoms with Gasteiger partial charge in [-0.2, -0.15) is 0 Å². The molecule has 0 spiro atoms. The third-order valence-corrected chi connectivity index (χ3v) is 3.81. The Morgan fingerprint density at radius 2 is 2.33 bits per heavy atom. The van der Waals surface area contributed by atoms with Crippen molar-refractivity contribution in [3.8, 4) is 0 Å². The fourth-order valence-corrected chi connectivity index (χ4v) is 2.66. The molecule has 100 valence electrons. The Hall–Kier alpha value is -1.21. The zero-order chi connectivity index (χ0) is 12.8. The maximum Gasteiger partial charge on any atom is 0.321 e. The predicted molar refractivity (Wildman–Crippen MR) is 71.8 cm³/mol. The molecule has 2 amide bonds. The molecule has 0 saturated carbocycles. The van der Waals surface area contributed by atoms with Gasteiger partial charge in [0.05, 0.1) is 0 Å². The van der Waals surface area contributed by atoms with Gasteiger partial charge < -0.3 is 5.32 Å². The van der Waals surface area contributed by atoms with Crippen LogP contribution in [0.5, 0.6) is 0 Å². The first-order chi connectivity index (χ1) is 8.79. The van der Waals surface area contributed by atoms with E-state index in [1.807, 2.05) is 0 Å². The third-order valence-electron chi connectivity index (χ3n) is 3.21. The Morgan fingerprint density at radius 3 is 2.94 bits per heavy atom. The molecular weight excluding hydrogens is 250 g/mol. The number of hydrogen-bond donors (Lipinski definition) is 2. The topological polar surface area (TPSA) is 70.1 Å². The van der Waals surface area contributed by atoms with Gasteiger partial charge in [-0.1, -0.05) is 18.3 Å². The van der Waals surface area contributed by atoms with Crippen LogP contribution >= 0.6 is 11.3 Å². The van der Waals surface area contributed by atoms with Gasteiger partial charge in [-0.05, 0) is 32.4 Å². The monoisotopic (exact) mass is 269 g/mol. The minimum absolute atomic E-state index is 0.204. The zero-order valence-corrected chi connectivity index (χ0v) is 11.4. The molecule has 1 unspecified atom stereocenters. The van der Waals surface area contributed by atoms with Crippen LogP contribution in [0.4, 0.5) is 9.93 Å². The highest BCUT2D eigenvalue weighted by Gasteiger charge is 2.20. The Bertz CT molecular complexity index is 364. The molecule has 2 N–H and O–H groups in total. The summed E-state index contributed by atoms with van der Waals surface area (Å²) in [6.45, 7) is 5.14. The molecule has 18 heavy (non-hydrogen) atoms. The maximum atomic E-state index is 11.6. The summed E-state index contributed by atoms with van der Waals surface area (Å²) in [6.07, 6.45) is 3.60. The summed E-state index contributed by atoms with van der Waals surface area (Å²) in [7, 11) is 0. The van der Waals surface area contributed by atoms with Gasteiger partial charge in [0.25, 0.3) is 0 Å². The van der Waals surface area contributed by atoms with Crippen LogP contribution in [-0.4, -0.2) is 46.8 Å². The fourth-order valence-electron chi connectivity index (χ4n) is 2.22. The zero-order valence-electron chi connectivity index (χ0n) is 10.6. The van der Waals surface area contributed by atoms with Gasteiger partial charge in [0, 0.05) is 12.6 Å². The Labute approximate surface area is 111 Å². The maximum absolute atomic E-state index is 11.6. The van der Waals surface area contributed by atoms with Crippen molar-refractivity contribution < 1.29 is 4.79 Å². The number of rotatable bonds is 5. The second-order valence-electron chi connectivity index (χ2n) is 4.38. The molecule has 2 rings (SSSR count). The van der Waals surface area contributed by atoms with Gasteiger partial charge >= 0.3 is 6.03 Å². The van der Waals surface area contributed by atoms with Gasteiger partial charge in [0.1, 0.15) is 5.51 Å². The number of carbonyl (C=O) groups is 1. The number of likely N-dealkylation sites (tertiary alicyclic amines) is 1. The van der Waals surface area contributed by atoms with E-state index in [9.17, 15) is 4.79 Å². The SMILES string of the molecule is CCC(CNC(=O)Nc1nncs1)N1CCCC1. The average molecular weight is 269 g/mol. The van der Waals surface area contributed by atoms with Crippen molar-refractivity contribution in [1.82, 2.24) is 20.4 Å². The van der Waals surface area contributed by atoms with E-state index in [0.717, 1.165) is 19.5 Å². The molecule has 1 aliphatic rings. The molecule has 1 atom stereocenters. The smallest absolute Gasteiger partial charge is 0.321 e. The van der Waals surface area contributed by atoms with E-state index < -0.39 is 0 Å². The molecule has 1 aliphatic heterocycles. The highest BCUT2D eigenvalue weighted by Crippen LogP contribution is 2.13. The lowest BCUT2D eigenvalue weighted by atomic mass is 10.2. The molecule has 1 saturated heterocycles. The summed E-state index contributed by atoms with van der Waals surface area (Å²) in [4.78, 5) is 14.1. The van der Waals surface area contributed by atoms with E-state index in [2.05, 4.69) is 32.7 Å². The average Bonchev–Trinajstić information content (AvgIpc) is 3.02. The van der Waals surface area contributed by atoms with Crippen LogP contribution in [0.25, 0.3) is 0 Å². The van der Waals surface area contributed by atoms with Crippen LogP contribution < -0.4 is 10.6 Å². The summed E-state index contributed by atoms with van der Waals surface area (Å²) in [5.41, 5.74) is 1.59. The number of carbonyl (C=O) groups excluding carboxylic acids is 1. The van der Waals surface area contributed by atoms with Crippen molar-refractivity contribution in [1.29, 1.82) is 0 Å². The minimum atomic E-state index is -0.204. The highest BCUT2D eigenvalue weighted by atomic mass is 32.1. The quantitative estimate of drug-likeness (QED) is 0.850. The van der Waals surface area contributed by atoms with Gasteiger partial charge in [0.15, 0.2) is 0 Å². The molecular formula is C11H19N5OS. The number of anilines is 1. The van der Waals surface area contributed by atoms with Crippen LogP contribution in [0.2, 0.25) is 0 Å². The lowest BCUT2D eigenvalue weighted by molar-refractivity contribution is 0.222. The predicted octanol–water partition coefficient (Wildman–Crippen LogP) is 1.53. The summed E-state index contributed by atoms with van der Waals surface area (Å²) >= 11 is 1.31. The Morgan fingerprint density at radius 1 is 1.56 bits per heavy atom. The van der Waals surface area contributed by atoms with Crippen LogP contribution in [0.15, 0.2) is 5.51 Å². The minimum Gasteiger partial charge on any atom is -0.336 e. The highest BCUT2D eigenvalue weighted by molar-refractivity contribution is 7.13. The lowest BCUT2D eigenvalue weighted by Crippen LogP contribution is -2.43. The van der Waals surface area contributed by atoms with Gasteiger partial charge in [-0.15, -0.1) is 10.2 Å². The largest absolute Gasteiger partial charge is 0.336 e. The first kappa shape index (κ1) is 13.2. The number of hydrogen-bond acceptors (Lipinski definition) is 5. The first-order valence-electron chi connectivity index (χ1n) is 6.34. The van der Waals surface area contributed by atoms with Crippen LogP contribution in [0, 0.1) is 0 Å². The van der Waals surface area contributed by atoms with Gasteiger partial charge in [-0.3, -0.25) is 10.2 Å². The molecule has 2 heterocycles. The standard InChI is InChI=1S/C11H19N5OS/c1-2-9(16-5-3-4-6-16)7-12-10(17)14-11-15-13-8-18-11/h8-9H,2-7H2,1H3,(H2,12,14,15,17). The number of urea groups is 1. The van der Waals surface area contributed by atoms with E-state index in [0.29, 0.717) is 17.7 Å². The van der Waals surface area contributed by atoms with Crippen molar-refractivity contribution in [2.24, 2.45) is 0 Å². The fraction of sp³-hybridized carbons (Fsp3) is 0.727. The van der Waals surface area contributed by atoms with E-state index in [1.54, 1.807) is 5.51 Å². The van der Waals surface area contributed by atoms with Crippen molar-refractivity contribution in [3.63, 3.8) is 0 Å². The third kappa shape index (κ3) is 3.64. The van der Waals surface area contributed by atoms with Crippen molar-refractivity contribution >= 4 is 22.5 Å². The summed E-state index contributed by atoms with van der Waals surface area (Å²) < 4.78 is 0. The summed E-state index contributed by atoms with van der Waals surface area (Å²) in [5, 5.41) is 13.5. The number of nitrogens with zero attached hydrogens (tertiary/aromatic N) is 3. The number of nitrogens with one attached hydrogen (secondary N) is 2. The second kappa shape index (κ2) is 6.65. The summed E-state index contributed by atoms with van der Waals surface area (Å²) in [5.74, 6) is 0. The van der Waals surface area contributed by atoms with E-state index in [4.69, 9.17) is 0 Å². The molecule has 0 aromatic carbocycles. The molecule has 1 aromatic rings. The molecule has 1 fully saturated rings. The molecule has 7 heteroatoms. The van der Waals surface area contributed by atoms with Crippen molar-refractivity contribution in [3.05, 3.63) is 5.51 Å². The van der Waals surface area contributed by atoms with Crippen LogP contribution in [0.3, 0.4) is 0 Å². The first-order valence-corrected chi connectivity index (χ1v) is 7.22. The van der Waals surface area contributed by atoms with E-state index in [1.165, 1.54) is 24.2 Å². The van der Waals surface area contributed by atoms with Gasteiger partial charge in [-0.25, -0.2) is 4.79 Å². The van der Waals surface area contributed by atoms with Crippen LogP contribution in [0.1, 0.15) is 26.2 Å². The molecule has 0 aliphatic carbocycles. The summed E-state index contributed by atoms with van der Waals surface area (Å²) in [6, 6.07) is 0.233. The van der Waals surface area contributed by atoms with Crippen molar-refractivity contribution in [2.75, 3.05) is 25.0 Å². The molecule has 0 radical (unpaired) electrons. The number of amides is 2. The Kier molecular flexibility index (Phi) is 4.89. The van der Waals surface area contributed by atoms with E-state index in [-0.39, 0.29) is 6.03 Å². The van der Waals surface area contributed by atoms with Crippen molar-refractivity contribution in [2.45, 2.75) is 32.2 Å².